The molecule has 3 rings (SSSR count). The number of halogens is 7. The summed E-state index contributed by atoms with van der Waals surface area (Å²) in [7, 11) is 0. The second-order valence-corrected chi connectivity index (χ2v) is 8.25. The summed E-state index contributed by atoms with van der Waals surface area (Å²) in [4.78, 5) is 25.9. The van der Waals surface area contributed by atoms with Crippen molar-refractivity contribution < 1.29 is 45.1 Å². The molecule has 2 aliphatic rings. The first-order valence-electron chi connectivity index (χ1n) is 10.2. The van der Waals surface area contributed by atoms with Crippen molar-refractivity contribution in [1.82, 2.24) is 15.5 Å². The molecule has 0 unspecified atom stereocenters. The van der Waals surface area contributed by atoms with Crippen LogP contribution in [0.15, 0.2) is 18.2 Å². The molecular formula is C20H22F7N3O3. The van der Waals surface area contributed by atoms with E-state index < -0.39 is 41.5 Å². The Hall–Kier alpha value is -2.57. The van der Waals surface area contributed by atoms with E-state index in [1.54, 1.807) is 4.90 Å². The molecule has 0 bridgehead atoms. The Balaban J connectivity index is 1.42. The molecule has 1 aliphatic heterocycles. The molecular weight excluding hydrogens is 463 g/mol. The van der Waals surface area contributed by atoms with Gasteiger partial charge in [0.1, 0.15) is 5.54 Å². The highest BCUT2D eigenvalue weighted by atomic mass is 19.4. The minimum atomic E-state index is -5.10. The van der Waals surface area contributed by atoms with Crippen LogP contribution in [0.1, 0.15) is 36.0 Å². The zero-order valence-electron chi connectivity index (χ0n) is 17.3. The number of piperidine rings is 1. The van der Waals surface area contributed by atoms with Crippen LogP contribution in [0.3, 0.4) is 0 Å². The smallest absolute Gasteiger partial charge is 0.403 e. The lowest BCUT2D eigenvalue weighted by molar-refractivity contribution is -0.275. The molecule has 0 radical (unpaired) electrons. The second kappa shape index (κ2) is 9.35. The maximum Gasteiger partial charge on any atom is 0.573 e. The summed E-state index contributed by atoms with van der Waals surface area (Å²) in [5, 5.41) is 4.65. The van der Waals surface area contributed by atoms with Gasteiger partial charge >= 0.3 is 12.5 Å². The SMILES string of the molecule is O=C(CN1CCC(CNC(=O)c2ccc(F)c(OC(F)(F)F)c2)CC1)NC1(C(F)(F)F)CC1. The third-order valence-electron chi connectivity index (χ3n) is 5.72. The Morgan fingerprint density at radius 1 is 1.09 bits per heavy atom. The number of carbonyl (C=O) groups is 2. The molecule has 0 aromatic heterocycles. The molecule has 2 N–H and O–H groups in total. The number of likely N-dealkylation sites (tertiary alicyclic amines) is 1. The predicted molar refractivity (Wildman–Crippen MR) is 101 cm³/mol. The van der Waals surface area contributed by atoms with E-state index in [1.807, 2.05) is 0 Å². The monoisotopic (exact) mass is 485 g/mol. The van der Waals surface area contributed by atoms with E-state index in [0.717, 1.165) is 6.07 Å². The van der Waals surface area contributed by atoms with Crippen LogP contribution in [0.25, 0.3) is 0 Å². The lowest BCUT2D eigenvalue weighted by Gasteiger charge is -2.32. The molecule has 1 saturated carbocycles. The Morgan fingerprint density at radius 2 is 1.73 bits per heavy atom. The summed E-state index contributed by atoms with van der Waals surface area (Å²) in [5.41, 5.74) is -2.30. The largest absolute Gasteiger partial charge is 0.573 e. The van der Waals surface area contributed by atoms with Crippen LogP contribution >= 0.6 is 0 Å². The zero-order valence-corrected chi connectivity index (χ0v) is 17.3. The number of hydrogen-bond donors (Lipinski definition) is 2. The van der Waals surface area contributed by atoms with Gasteiger partial charge < -0.3 is 15.4 Å². The van der Waals surface area contributed by atoms with Crippen LogP contribution < -0.4 is 15.4 Å². The maximum atomic E-state index is 13.5. The number of benzene rings is 1. The van der Waals surface area contributed by atoms with Gasteiger partial charge in [0.2, 0.25) is 5.91 Å². The minimum Gasteiger partial charge on any atom is -0.403 e. The van der Waals surface area contributed by atoms with Crippen molar-refractivity contribution in [1.29, 1.82) is 0 Å². The number of ether oxygens (including phenoxy) is 1. The van der Waals surface area contributed by atoms with E-state index in [2.05, 4.69) is 15.4 Å². The van der Waals surface area contributed by atoms with Crippen molar-refractivity contribution in [3.63, 3.8) is 0 Å². The first-order valence-corrected chi connectivity index (χ1v) is 10.2. The molecule has 2 amide bonds. The lowest BCUT2D eigenvalue weighted by Crippen LogP contribution is -2.51. The summed E-state index contributed by atoms with van der Waals surface area (Å²) in [5.74, 6) is -3.76. The summed E-state index contributed by atoms with van der Waals surface area (Å²) in [6.07, 6.45) is -8.71. The van der Waals surface area contributed by atoms with E-state index in [0.29, 0.717) is 38.1 Å². The number of carbonyl (C=O) groups excluding carboxylic acids is 2. The molecule has 2 fully saturated rings. The van der Waals surface area contributed by atoms with Crippen LogP contribution in [-0.4, -0.2) is 61.0 Å². The third-order valence-corrected chi connectivity index (χ3v) is 5.72. The van der Waals surface area contributed by atoms with Gasteiger partial charge in [0.05, 0.1) is 6.54 Å². The number of rotatable bonds is 7. The zero-order chi connectivity index (χ0) is 24.4. The molecule has 33 heavy (non-hydrogen) atoms. The standard InChI is InChI=1S/C20H22F7N3O3/c21-14-2-1-13(9-15(14)33-20(25,26)27)17(32)28-10-12-3-7-30(8-4-12)11-16(31)29-18(5-6-18)19(22,23)24/h1-2,9,12H,3-8,10-11H2,(H,28,32)(H,29,31). The first kappa shape index (κ1) is 25.1. The fourth-order valence-electron chi connectivity index (χ4n) is 3.65. The highest BCUT2D eigenvalue weighted by molar-refractivity contribution is 5.94. The molecule has 1 aromatic carbocycles. The van der Waals surface area contributed by atoms with Crippen molar-refractivity contribution in [2.45, 2.75) is 43.8 Å². The van der Waals surface area contributed by atoms with E-state index in [1.165, 1.54) is 0 Å². The van der Waals surface area contributed by atoms with Crippen LogP contribution in [0, 0.1) is 11.7 Å². The molecule has 13 heteroatoms. The van der Waals surface area contributed by atoms with E-state index in [9.17, 15) is 40.3 Å². The summed E-state index contributed by atoms with van der Waals surface area (Å²) >= 11 is 0. The Labute approximate surface area is 184 Å². The number of hydrogen-bond acceptors (Lipinski definition) is 4. The van der Waals surface area contributed by atoms with E-state index in [4.69, 9.17) is 0 Å². The lowest BCUT2D eigenvalue weighted by atomic mass is 9.96. The summed E-state index contributed by atoms with van der Waals surface area (Å²) in [6, 6.07) is 2.39. The molecule has 1 aromatic rings. The first-order chi connectivity index (χ1) is 15.3. The Bertz CT molecular complexity index is 877. The van der Waals surface area contributed by atoms with Crippen molar-refractivity contribution in [2.75, 3.05) is 26.2 Å². The quantitative estimate of drug-likeness (QED) is 0.582. The minimum absolute atomic E-state index is 0.00422. The summed E-state index contributed by atoms with van der Waals surface area (Å²) < 4.78 is 92.8. The third kappa shape index (κ3) is 6.71. The molecule has 1 saturated heterocycles. The van der Waals surface area contributed by atoms with Gasteiger partial charge in [-0.3, -0.25) is 14.5 Å². The van der Waals surface area contributed by atoms with Gasteiger partial charge in [-0.05, 0) is 62.9 Å². The van der Waals surface area contributed by atoms with Gasteiger partial charge in [0.25, 0.3) is 5.91 Å². The molecule has 1 aliphatic carbocycles. The predicted octanol–water partition coefficient (Wildman–Crippen LogP) is 3.38. The topological polar surface area (TPSA) is 70.7 Å². The van der Waals surface area contributed by atoms with Crippen LogP contribution in [-0.2, 0) is 4.79 Å². The van der Waals surface area contributed by atoms with Gasteiger partial charge in [0.15, 0.2) is 11.6 Å². The van der Waals surface area contributed by atoms with Crippen LogP contribution in [0.2, 0.25) is 0 Å². The number of amides is 2. The second-order valence-electron chi connectivity index (χ2n) is 8.25. The summed E-state index contributed by atoms with van der Waals surface area (Å²) in [6.45, 7) is 0.914. The number of alkyl halides is 6. The fourth-order valence-corrected chi connectivity index (χ4v) is 3.65. The average Bonchev–Trinajstić information content (AvgIpc) is 3.48. The van der Waals surface area contributed by atoms with E-state index in [-0.39, 0.29) is 37.4 Å². The van der Waals surface area contributed by atoms with Gasteiger partial charge in [-0.25, -0.2) is 4.39 Å². The van der Waals surface area contributed by atoms with Crippen molar-refractivity contribution in [3.05, 3.63) is 29.6 Å². The fraction of sp³-hybridized carbons (Fsp3) is 0.600. The number of nitrogens with one attached hydrogen (secondary N) is 2. The highest BCUT2D eigenvalue weighted by Crippen LogP contribution is 2.48. The maximum absolute atomic E-state index is 13.5. The Morgan fingerprint density at radius 3 is 2.27 bits per heavy atom. The molecule has 0 atom stereocenters. The number of nitrogens with zero attached hydrogens (tertiary/aromatic N) is 1. The van der Waals surface area contributed by atoms with Crippen molar-refractivity contribution in [2.24, 2.45) is 5.92 Å². The van der Waals surface area contributed by atoms with Gasteiger partial charge in [-0.15, -0.1) is 13.2 Å². The van der Waals surface area contributed by atoms with Gasteiger partial charge in [-0.1, -0.05) is 0 Å². The normalized spacial score (nSPS) is 19.1. The van der Waals surface area contributed by atoms with Gasteiger partial charge in [-0.2, -0.15) is 13.2 Å². The molecule has 184 valence electrons. The Kier molecular flexibility index (Phi) is 7.10. The van der Waals surface area contributed by atoms with Crippen molar-refractivity contribution >= 4 is 11.8 Å². The van der Waals surface area contributed by atoms with Crippen LogP contribution in [0.4, 0.5) is 30.7 Å². The van der Waals surface area contributed by atoms with E-state index >= 15 is 0 Å². The highest BCUT2D eigenvalue weighted by Gasteiger charge is 2.64. The molecule has 0 spiro atoms. The van der Waals surface area contributed by atoms with Crippen molar-refractivity contribution in [3.8, 4) is 5.75 Å². The van der Waals surface area contributed by atoms with Crippen LogP contribution in [0.5, 0.6) is 5.75 Å². The molecule has 6 nitrogen and oxygen atoms in total. The van der Waals surface area contributed by atoms with Gasteiger partial charge in [0, 0.05) is 12.1 Å². The molecule has 1 heterocycles. The average molecular weight is 485 g/mol.